The SMILES string of the molecule is CCOc1c(C(=O)O)cnn1-c1cccc(-c2cccc(C)c2OCc2ccc3c(c2C)CCN(C2COC(C)(C)OC2)C3)n1. The Labute approximate surface area is 263 Å². The maximum absolute atomic E-state index is 11.7. The Bertz CT molecular complexity index is 1700. The van der Waals surface area contributed by atoms with Crippen molar-refractivity contribution >= 4 is 5.97 Å². The van der Waals surface area contributed by atoms with E-state index in [1.54, 1.807) is 13.0 Å². The van der Waals surface area contributed by atoms with E-state index in [2.05, 4.69) is 29.1 Å². The van der Waals surface area contributed by atoms with E-state index < -0.39 is 11.8 Å². The van der Waals surface area contributed by atoms with Crippen molar-refractivity contribution in [2.75, 3.05) is 26.4 Å². The summed E-state index contributed by atoms with van der Waals surface area (Å²) in [6.07, 6.45) is 2.25. The summed E-state index contributed by atoms with van der Waals surface area (Å²) in [6, 6.07) is 16.2. The zero-order chi connectivity index (χ0) is 31.7. The van der Waals surface area contributed by atoms with Crippen LogP contribution >= 0.6 is 0 Å². The van der Waals surface area contributed by atoms with Gasteiger partial charge in [0.25, 0.3) is 0 Å². The third kappa shape index (κ3) is 6.31. The smallest absolute Gasteiger partial charge is 0.342 e. The molecule has 0 unspecified atom stereocenters. The molecule has 1 N–H and O–H groups in total. The van der Waals surface area contributed by atoms with Crippen LogP contribution in [0.3, 0.4) is 0 Å². The third-order valence-corrected chi connectivity index (χ3v) is 8.64. The average molecular weight is 613 g/mol. The van der Waals surface area contributed by atoms with Crippen molar-refractivity contribution in [3.63, 3.8) is 0 Å². The van der Waals surface area contributed by atoms with Gasteiger partial charge >= 0.3 is 5.97 Å². The maximum Gasteiger partial charge on any atom is 0.342 e. The molecule has 0 saturated carbocycles. The van der Waals surface area contributed by atoms with Crippen LogP contribution in [0.25, 0.3) is 17.1 Å². The lowest BCUT2D eigenvalue weighted by Crippen LogP contribution is -2.51. The zero-order valence-electron chi connectivity index (χ0n) is 26.5. The molecule has 2 aromatic carbocycles. The molecule has 0 atom stereocenters. The van der Waals surface area contributed by atoms with Gasteiger partial charge in [-0.2, -0.15) is 9.78 Å². The van der Waals surface area contributed by atoms with Crippen LogP contribution in [0, 0.1) is 13.8 Å². The number of rotatable bonds is 9. The minimum absolute atomic E-state index is 0.0159. The second kappa shape index (κ2) is 12.6. The van der Waals surface area contributed by atoms with Crippen LogP contribution in [-0.4, -0.2) is 68.9 Å². The summed E-state index contributed by atoms with van der Waals surface area (Å²) in [4.78, 5) is 19.0. The molecule has 45 heavy (non-hydrogen) atoms. The number of carbonyl (C=O) groups is 1. The highest BCUT2D eigenvalue weighted by Gasteiger charge is 2.33. The second-order valence-electron chi connectivity index (χ2n) is 12.0. The van der Waals surface area contributed by atoms with Crippen LogP contribution < -0.4 is 9.47 Å². The summed E-state index contributed by atoms with van der Waals surface area (Å²) in [5.41, 5.74) is 7.68. The fraction of sp³-hybridized carbons (Fsp3) is 0.400. The molecular formula is C35H40N4O6. The first kappa shape index (κ1) is 30.8. The van der Waals surface area contributed by atoms with Gasteiger partial charge in [-0.15, -0.1) is 0 Å². The normalized spacial score (nSPS) is 16.7. The highest BCUT2D eigenvalue weighted by Crippen LogP contribution is 2.35. The molecule has 1 saturated heterocycles. The third-order valence-electron chi connectivity index (χ3n) is 8.64. The first-order chi connectivity index (χ1) is 21.6. The summed E-state index contributed by atoms with van der Waals surface area (Å²) in [7, 11) is 0. The Morgan fingerprint density at radius 1 is 1.07 bits per heavy atom. The number of fused-ring (bicyclic) bond motifs is 1. The second-order valence-corrected chi connectivity index (χ2v) is 12.0. The van der Waals surface area contributed by atoms with Gasteiger partial charge in [-0.05, 0) is 87.1 Å². The number of aryl methyl sites for hydroxylation is 1. The summed E-state index contributed by atoms with van der Waals surface area (Å²) in [5.74, 6) is -0.272. The summed E-state index contributed by atoms with van der Waals surface area (Å²) < 4.78 is 25.5. The van der Waals surface area contributed by atoms with Crippen molar-refractivity contribution in [1.82, 2.24) is 19.7 Å². The van der Waals surface area contributed by atoms with Crippen molar-refractivity contribution < 1.29 is 28.8 Å². The molecule has 2 aliphatic rings. The summed E-state index contributed by atoms with van der Waals surface area (Å²) in [5, 5.41) is 13.9. The average Bonchev–Trinajstić information content (AvgIpc) is 3.45. The molecule has 4 heterocycles. The molecule has 2 aliphatic heterocycles. The Kier molecular flexibility index (Phi) is 8.63. The van der Waals surface area contributed by atoms with Crippen LogP contribution in [-0.2, 0) is 29.0 Å². The van der Waals surface area contributed by atoms with Gasteiger partial charge in [0.15, 0.2) is 11.6 Å². The van der Waals surface area contributed by atoms with Crippen molar-refractivity contribution in [2.24, 2.45) is 0 Å². The van der Waals surface area contributed by atoms with Gasteiger partial charge in [0, 0.05) is 18.7 Å². The molecule has 6 rings (SSSR count). The molecule has 0 aliphatic carbocycles. The molecule has 0 bridgehead atoms. The predicted molar refractivity (Wildman–Crippen MR) is 169 cm³/mol. The number of carboxylic acid groups (broad SMARTS) is 1. The molecule has 0 spiro atoms. The van der Waals surface area contributed by atoms with Crippen LogP contribution in [0.4, 0.5) is 0 Å². The number of aromatic carboxylic acids is 1. The number of carboxylic acids is 1. The van der Waals surface area contributed by atoms with E-state index in [9.17, 15) is 9.90 Å². The number of pyridine rings is 1. The van der Waals surface area contributed by atoms with E-state index in [0.29, 0.717) is 37.9 Å². The minimum atomic E-state index is -1.11. The number of benzene rings is 2. The fourth-order valence-corrected chi connectivity index (χ4v) is 6.08. The Hall–Kier alpha value is -4.25. The molecule has 10 heteroatoms. The van der Waals surface area contributed by atoms with Crippen molar-refractivity contribution in [3.8, 4) is 28.7 Å². The van der Waals surface area contributed by atoms with Gasteiger partial charge in [0.05, 0.1) is 37.8 Å². The van der Waals surface area contributed by atoms with Crippen LogP contribution in [0.15, 0.2) is 54.7 Å². The minimum Gasteiger partial charge on any atom is -0.488 e. The number of ether oxygens (including phenoxy) is 4. The van der Waals surface area contributed by atoms with E-state index in [4.69, 9.17) is 23.9 Å². The van der Waals surface area contributed by atoms with Gasteiger partial charge in [-0.3, -0.25) is 4.90 Å². The largest absolute Gasteiger partial charge is 0.488 e. The van der Waals surface area contributed by atoms with Crippen molar-refractivity contribution in [3.05, 3.63) is 88.1 Å². The lowest BCUT2D eigenvalue weighted by molar-refractivity contribution is -0.264. The van der Waals surface area contributed by atoms with Gasteiger partial charge in [-0.25, -0.2) is 9.78 Å². The standard InChI is InChI=1S/C35H40N4O6/c1-6-42-33-29(34(40)41)17-36-39(33)31-12-8-11-30(37-31)28-10-7-9-22(2)32(28)43-19-25-14-13-24-18-38(16-15-27(24)23(25)3)26-20-44-35(4,5)45-21-26/h7-14,17,26H,6,15-16,18-21H2,1-5H3,(H,40,41). The van der Waals surface area contributed by atoms with Gasteiger partial charge in [0.1, 0.15) is 17.9 Å². The lowest BCUT2D eigenvalue weighted by atomic mass is 9.91. The van der Waals surface area contributed by atoms with E-state index in [1.807, 2.05) is 51.1 Å². The Balaban J connectivity index is 1.22. The van der Waals surface area contributed by atoms with Gasteiger partial charge in [-0.1, -0.05) is 30.3 Å². The first-order valence-electron chi connectivity index (χ1n) is 15.4. The molecule has 1 fully saturated rings. The van der Waals surface area contributed by atoms with E-state index in [1.165, 1.54) is 27.6 Å². The molecular weight excluding hydrogens is 572 g/mol. The van der Waals surface area contributed by atoms with E-state index in [-0.39, 0.29) is 17.5 Å². The van der Waals surface area contributed by atoms with Gasteiger partial charge < -0.3 is 24.1 Å². The molecule has 4 aromatic rings. The zero-order valence-corrected chi connectivity index (χ0v) is 26.5. The lowest BCUT2D eigenvalue weighted by Gasteiger charge is -2.42. The molecule has 10 nitrogen and oxygen atoms in total. The van der Waals surface area contributed by atoms with E-state index in [0.717, 1.165) is 42.0 Å². The van der Waals surface area contributed by atoms with Gasteiger partial charge in [0.2, 0.25) is 5.88 Å². The fourth-order valence-electron chi connectivity index (χ4n) is 6.08. The van der Waals surface area contributed by atoms with Crippen LogP contribution in [0.5, 0.6) is 11.6 Å². The molecule has 2 aromatic heterocycles. The summed E-state index contributed by atoms with van der Waals surface area (Å²) in [6.45, 7) is 13.9. The monoisotopic (exact) mass is 612 g/mol. The number of nitrogens with zero attached hydrogens (tertiary/aromatic N) is 4. The quantitative estimate of drug-likeness (QED) is 0.253. The first-order valence-corrected chi connectivity index (χ1v) is 15.4. The topological polar surface area (TPSA) is 108 Å². The number of hydrogen-bond donors (Lipinski definition) is 1. The predicted octanol–water partition coefficient (Wildman–Crippen LogP) is 5.74. The summed E-state index contributed by atoms with van der Waals surface area (Å²) >= 11 is 0. The van der Waals surface area contributed by atoms with Crippen LogP contribution in [0.2, 0.25) is 0 Å². The Morgan fingerprint density at radius 2 is 1.84 bits per heavy atom. The molecule has 0 amide bonds. The van der Waals surface area contributed by atoms with E-state index >= 15 is 0 Å². The molecule has 236 valence electrons. The van der Waals surface area contributed by atoms with Crippen LogP contribution in [0.1, 0.15) is 58.9 Å². The Morgan fingerprint density at radius 3 is 2.60 bits per heavy atom. The van der Waals surface area contributed by atoms with Crippen molar-refractivity contribution in [1.29, 1.82) is 0 Å². The molecule has 0 radical (unpaired) electrons. The number of para-hydroxylation sites is 1. The highest BCUT2D eigenvalue weighted by atomic mass is 16.7. The highest BCUT2D eigenvalue weighted by molar-refractivity contribution is 5.90. The maximum atomic E-state index is 11.7. The van der Waals surface area contributed by atoms with Crippen molar-refractivity contribution in [2.45, 2.75) is 66.0 Å². The number of aromatic nitrogens is 3. The number of hydrogen-bond acceptors (Lipinski definition) is 8.